The van der Waals surface area contributed by atoms with Crippen LogP contribution in [0.4, 0.5) is 5.69 Å². The van der Waals surface area contributed by atoms with Crippen LogP contribution in [0.25, 0.3) is 101 Å². The van der Waals surface area contributed by atoms with Crippen LogP contribution in [-0.4, -0.2) is 19.9 Å². The molecule has 51 heavy (non-hydrogen) atoms. The zero-order chi connectivity index (χ0) is 34.1. The smallest absolute Gasteiger partial charge is 0.0738 e. The van der Waals surface area contributed by atoms with Gasteiger partial charge in [-0.1, -0.05) is 126 Å². The first-order valence-electron chi connectivity index (χ1n) is 16.7. The zero-order valence-corrected chi connectivity index (χ0v) is 27.3. The molecule has 8 bridgehead atoms. The molecule has 7 nitrogen and oxygen atoms in total. The van der Waals surface area contributed by atoms with Crippen molar-refractivity contribution >= 4 is 52.1 Å². The lowest BCUT2D eigenvalue weighted by atomic mass is 10.0. The van der Waals surface area contributed by atoms with Gasteiger partial charge < -0.3 is 9.97 Å². The second-order valence-electron chi connectivity index (χ2n) is 12.3. The van der Waals surface area contributed by atoms with Gasteiger partial charge >= 0.3 is 0 Å². The predicted octanol–water partition coefficient (Wildman–Crippen LogP) is 12.3. The quantitative estimate of drug-likeness (QED) is 0.109. The molecule has 0 radical (unpaired) electrons. The molecule has 0 amide bonds. The van der Waals surface area contributed by atoms with Gasteiger partial charge in [0.15, 0.2) is 0 Å². The first-order valence-corrected chi connectivity index (χ1v) is 16.7. The SMILES string of the molecule is [N-]=[N+]=Nc1cc2[nH]c1c(-c1ccccc1)c1nc(c(-c3ccccc3)c3nc(c(-c4ccccc4)c4ccc([nH]4)c2-c2ccccc2)C=C3)C=C1. The molecule has 240 valence electrons. The summed E-state index contributed by atoms with van der Waals surface area (Å²) in [5.74, 6) is 0. The van der Waals surface area contributed by atoms with Crippen molar-refractivity contribution in [2.75, 3.05) is 0 Å². The summed E-state index contributed by atoms with van der Waals surface area (Å²) in [5, 5.41) is 4.23. The van der Waals surface area contributed by atoms with Gasteiger partial charge in [-0.2, -0.15) is 0 Å². The summed E-state index contributed by atoms with van der Waals surface area (Å²) in [6, 6.07) is 47.1. The number of hydrogen-bond donors (Lipinski definition) is 2. The van der Waals surface area contributed by atoms with Crippen LogP contribution >= 0.6 is 0 Å². The Hall–Kier alpha value is -7.21. The second-order valence-corrected chi connectivity index (χ2v) is 12.3. The minimum atomic E-state index is 0.478. The van der Waals surface area contributed by atoms with E-state index >= 15 is 0 Å². The lowest BCUT2D eigenvalue weighted by Crippen LogP contribution is -1.91. The van der Waals surface area contributed by atoms with Gasteiger partial charge in [0.2, 0.25) is 0 Å². The summed E-state index contributed by atoms with van der Waals surface area (Å²) in [6.45, 7) is 0. The van der Waals surface area contributed by atoms with E-state index in [0.29, 0.717) is 11.2 Å². The van der Waals surface area contributed by atoms with Crippen LogP contribution in [0.3, 0.4) is 0 Å². The molecule has 5 heterocycles. The van der Waals surface area contributed by atoms with E-state index in [0.717, 1.165) is 83.8 Å². The molecule has 0 aliphatic carbocycles. The van der Waals surface area contributed by atoms with Crippen LogP contribution in [0.1, 0.15) is 22.8 Å². The van der Waals surface area contributed by atoms with E-state index in [2.05, 4.69) is 92.8 Å². The third-order valence-corrected chi connectivity index (χ3v) is 9.25. The lowest BCUT2D eigenvalue weighted by Gasteiger charge is -2.07. The van der Waals surface area contributed by atoms with Gasteiger partial charge in [0.25, 0.3) is 0 Å². The molecule has 0 saturated heterocycles. The van der Waals surface area contributed by atoms with Gasteiger partial charge in [-0.3, -0.25) is 0 Å². The van der Waals surface area contributed by atoms with Crippen molar-refractivity contribution in [3.8, 4) is 44.5 Å². The van der Waals surface area contributed by atoms with Crippen LogP contribution in [0.15, 0.2) is 145 Å². The average Bonchev–Trinajstić information content (AvgIpc) is 4.01. The third-order valence-electron chi connectivity index (χ3n) is 9.25. The van der Waals surface area contributed by atoms with Crippen molar-refractivity contribution in [2.45, 2.75) is 0 Å². The number of hydrogen-bond acceptors (Lipinski definition) is 3. The summed E-state index contributed by atoms with van der Waals surface area (Å²) >= 11 is 0. The zero-order valence-electron chi connectivity index (χ0n) is 27.3. The number of nitrogens with zero attached hydrogens (tertiary/aromatic N) is 5. The van der Waals surface area contributed by atoms with Crippen LogP contribution in [0.2, 0.25) is 0 Å². The summed E-state index contributed by atoms with van der Waals surface area (Å²) in [7, 11) is 0. The molecule has 3 aromatic heterocycles. The Bertz CT molecular complexity index is 2720. The topological polar surface area (TPSA) is 106 Å². The first kappa shape index (κ1) is 29.9. The van der Waals surface area contributed by atoms with Gasteiger partial charge in [-0.25, -0.2) is 9.97 Å². The number of fused-ring (bicyclic) bond motifs is 8. The monoisotopic (exact) mass is 655 g/mol. The summed E-state index contributed by atoms with van der Waals surface area (Å²) in [6.07, 6.45) is 8.25. The highest BCUT2D eigenvalue weighted by Crippen LogP contribution is 2.41. The molecular formula is C44H29N7. The van der Waals surface area contributed by atoms with E-state index in [9.17, 15) is 5.53 Å². The van der Waals surface area contributed by atoms with Gasteiger partial charge in [0.05, 0.1) is 34.0 Å². The number of rotatable bonds is 5. The Morgan fingerprint density at radius 3 is 1.35 bits per heavy atom. The van der Waals surface area contributed by atoms with Crippen molar-refractivity contribution in [3.63, 3.8) is 0 Å². The number of aromatic nitrogens is 4. The molecular weight excluding hydrogens is 627 g/mol. The molecule has 7 aromatic rings. The molecule has 9 rings (SSSR count). The molecule has 0 fully saturated rings. The van der Waals surface area contributed by atoms with Crippen LogP contribution < -0.4 is 0 Å². The van der Waals surface area contributed by atoms with Gasteiger partial charge in [-0.05, 0) is 70.3 Å². The molecule has 2 aliphatic rings. The van der Waals surface area contributed by atoms with Gasteiger partial charge in [-0.15, -0.1) is 0 Å². The van der Waals surface area contributed by atoms with Crippen LogP contribution in [0.5, 0.6) is 0 Å². The number of nitrogens with one attached hydrogen (secondary N) is 2. The van der Waals surface area contributed by atoms with Crippen molar-refractivity contribution in [1.82, 2.24) is 19.9 Å². The van der Waals surface area contributed by atoms with Crippen molar-refractivity contribution in [1.29, 1.82) is 0 Å². The minimum absolute atomic E-state index is 0.478. The fourth-order valence-corrected chi connectivity index (χ4v) is 7.03. The minimum Gasteiger partial charge on any atom is -0.354 e. The fourth-order valence-electron chi connectivity index (χ4n) is 7.03. The van der Waals surface area contributed by atoms with E-state index in [1.165, 1.54) is 0 Å². The summed E-state index contributed by atoms with van der Waals surface area (Å²) in [4.78, 5) is 21.3. The largest absolute Gasteiger partial charge is 0.354 e. The van der Waals surface area contributed by atoms with Gasteiger partial charge in [0, 0.05) is 43.7 Å². The maximum absolute atomic E-state index is 9.80. The van der Waals surface area contributed by atoms with Gasteiger partial charge in [0.1, 0.15) is 0 Å². The van der Waals surface area contributed by atoms with Crippen LogP contribution in [-0.2, 0) is 0 Å². The highest BCUT2D eigenvalue weighted by atomic mass is 15.1. The normalized spacial score (nSPS) is 11.8. The highest BCUT2D eigenvalue weighted by Gasteiger charge is 2.20. The predicted molar refractivity (Wildman–Crippen MR) is 209 cm³/mol. The molecule has 0 unspecified atom stereocenters. The Morgan fingerprint density at radius 1 is 0.431 bits per heavy atom. The maximum atomic E-state index is 9.80. The molecule has 0 atom stereocenters. The molecule has 4 aromatic carbocycles. The second kappa shape index (κ2) is 12.7. The number of aromatic amines is 2. The number of azide groups is 1. The lowest BCUT2D eigenvalue weighted by molar-refractivity contribution is 1.28. The molecule has 7 heteroatoms. The third kappa shape index (κ3) is 5.40. The van der Waals surface area contributed by atoms with E-state index < -0.39 is 0 Å². The number of benzene rings is 4. The van der Waals surface area contributed by atoms with E-state index in [-0.39, 0.29) is 0 Å². The Kier molecular flexibility index (Phi) is 7.43. The van der Waals surface area contributed by atoms with E-state index in [1.807, 2.05) is 91.0 Å². The Balaban J connectivity index is 1.53. The van der Waals surface area contributed by atoms with E-state index in [4.69, 9.17) is 9.97 Å². The molecule has 0 saturated carbocycles. The van der Waals surface area contributed by atoms with E-state index in [1.54, 1.807) is 0 Å². The average molecular weight is 656 g/mol. The fraction of sp³-hybridized carbons (Fsp3) is 0. The van der Waals surface area contributed by atoms with Crippen molar-refractivity contribution in [3.05, 3.63) is 173 Å². The van der Waals surface area contributed by atoms with Crippen LogP contribution in [0, 0.1) is 0 Å². The highest BCUT2D eigenvalue weighted by molar-refractivity contribution is 6.03. The van der Waals surface area contributed by atoms with Crippen molar-refractivity contribution in [2.24, 2.45) is 5.11 Å². The number of H-pyrrole nitrogens is 2. The Morgan fingerprint density at radius 2 is 0.843 bits per heavy atom. The standard InChI is InChI=1S/C44H29N7/c45-51-50-39-27-38-42(30-17-9-3-10-18-30)36-24-23-34(47-36)40(28-13-5-1-6-14-28)32-21-22-33(46-32)41(29-15-7-2-8-16-29)35-25-26-37(48-35)43(44(39)49-38)31-19-11-4-12-20-31/h1-27,47,49H. The molecule has 0 spiro atoms. The maximum Gasteiger partial charge on any atom is 0.0738 e. The first-order chi connectivity index (χ1) is 25.2. The Labute approximate surface area is 293 Å². The van der Waals surface area contributed by atoms with Crippen molar-refractivity contribution < 1.29 is 0 Å². The summed E-state index contributed by atoms with van der Waals surface area (Å²) < 4.78 is 0. The summed E-state index contributed by atoms with van der Waals surface area (Å²) in [5.41, 5.74) is 24.4. The molecule has 2 aliphatic heterocycles. The molecule has 2 N–H and O–H groups in total.